The van der Waals surface area contributed by atoms with Crippen LogP contribution in [0.1, 0.15) is 10.4 Å². The first-order chi connectivity index (χ1) is 8.11. The van der Waals surface area contributed by atoms with E-state index in [0.717, 1.165) is 4.68 Å². The smallest absolute Gasteiger partial charge is 0.341 e. The predicted octanol–water partition coefficient (Wildman–Crippen LogP) is 1.69. The van der Waals surface area contributed by atoms with Crippen molar-refractivity contribution < 1.29 is 9.90 Å². The van der Waals surface area contributed by atoms with Gasteiger partial charge in [0.2, 0.25) is 0 Å². The van der Waals surface area contributed by atoms with Crippen molar-refractivity contribution in [2.75, 3.05) is 0 Å². The van der Waals surface area contributed by atoms with Crippen LogP contribution in [-0.2, 0) is 0 Å². The molecule has 0 atom stereocenters. The van der Waals surface area contributed by atoms with Crippen LogP contribution < -0.4 is 5.56 Å². The van der Waals surface area contributed by atoms with Gasteiger partial charge in [0, 0.05) is 10.7 Å². The topological polar surface area (TPSA) is 72.2 Å². The van der Waals surface area contributed by atoms with Gasteiger partial charge in [-0.1, -0.05) is 12.1 Å². The normalized spacial score (nSPS) is 10.2. The zero-order chi connectivity index (χ0) is 12.4. The standard InChI is InChI=1S/C11H7BrN2O3/c12-8-3-1-2-4-9(8)14-10(15)7(11(16)17)5-6-13-14/h1-6H,(H,16,17). The van der Waals surface area contributed by atoms with E-state index < -0.39 is 11.5 Å². The Kier molecular flexibility index (Phi) is 3.06. The lowest BCUT2D eigenvalue weighted by atomic mass is 10.3. The number of carbonyl (C=O) groups is 1. The number of para-hydroxylation sites is 1. The van der Waals surface area contributed by atoms with Gasteiger partial charge in [-0.2, -0.15) is 9.78 Å². The van der Waals surface area contributed by atoms with Crippen molar-refractivity contribution in [1.82, 2.24) is 9.78 Å². The Balaban J connectivity index is 2.70. The van der Waals surface area contributed by atoms with Gasteiger partial charge >= 0.3 is 5.97 Å². The first-order valence-electron chi connectivity index (χ1n) is 4.68. The van der Waals surface area contributed by atoms with E-state index in [1.165, 1.54) is 12.3 Å². The molecule has 0 aliphatic rings. The summed E-state index contributed by atoms with van der Waals surface area (Å²) in [6.07, 6.45) is 1.28. The van der Waals surface area contributed by atoms with Crippen molar-refractivity contribution in [2.24, 2.45) is 0 Å². The van der Waals surface area contributed by atoms with Gasteiger partial charge in [0.05, 0.1) is 5.69 Å². The van der Waals surface area contributed by atoms with Crippen molar-refractivity contribution in [2.45, 2.75) is 0 Å². The summed E-state index contributed by atoms with van der Waals surface area (Å²) in [6.45, 7) is 0. The highest BCUT2D eigenvalue weighted by Gasteiger charge is 2.13. The second-order valence-corrected chi connectivity index (χ2v) is 4.07. The lowest BCUT2D eigenvalue weighted by Crippen LogP contribution is -2.26. The van der Waals surface area contributed by atoms with E-state index in [4.69, 9.17) is 5.11 Å². The molecule has 1 N–H and O–H groups in total. The fourth-order valence-corrected chi connectivity index (χ4v) is 1.82. The summed E-state index contributed by atoms with van der Waals surface area (Å²) in [5.41, 5.74) is -0.469. The fraction of sp³-hybridized carbons (Fsp3) is 0. The number of halogens is 1. The van der Waals surface area contributed by atoms with Crippen molar-refractivity contribution in [1.29, 1.82) is 0 Å². The maximum absolute atomic E-state index is 11.9. The SMILES string of the molecule is O=C(O)c1ccnn(-c2ccccc2Br)c1=O. The van der Waals surface area contributed by atoms with Crippen molar-refractivity contribution in [3.63, 3.8) is 0 Å². The highest BCUT2D eigenvalue weighted by atomic mass is 79.9. The Morgan fingerprint density at radius 2 is 2.00 bits per heavy atom. The number of carboxylic acid groups (broad SMARTS) is 1. The minimum atomic E-state index is -1.27. The molecule has 2 rings (SSSR count). The molecule has 1 heterocycles. The molecule has 0 bridgehead atoms. The van der Waals surface area contributed by atoms with Gasteiger partial charge in [-0.15, -0.1) is 0 Å². The van der Waals surface area contributed by atoms with Crippen LogP contribution in [0.2, 0.25) is 0 Å². The van der Waals surface area contributed by atoms with Crippen LogP contribution >= 0.6 is 15.9 Å². The molecule has 2 aromatic rings. The molecular formula is C11H7BrN2O3. The summed E-state index contributed by atoms with van der Waals surface area (Å²) >= 11 is 3.28. The zero-order valence-corrected chi connectivity index (χ0v) is 10.1. The first kappa shape index (κ1) is 11.5. The van der Waals surface area contributed by atoms with Gasteiger partial charge in [-0.05, 0) is 34.1 Å². The van der Waals surface area contributed by atoms with E-state index in [1.54, 1.807) is 24.3 Å². The Morgan fingerprint density at radius 3 is 2.65 bits per heavy atom. The van der Waals surface area contributed by atoms with Crippen LogP contribution in [0.3, 0.4) is 0 Å². The highest BCUT2D eigenvalue weighted by molar-refractivity contribution is 9.10. The van der Waals surface area contributed by atoms with Gasteiger partial charge in [-0.3, -0.25) is 4.79 Å². The molecule has 1 aromatic carbocycles. The lowest BCUT2D eigenvalue weighted by Gasteiger charge is -2.06. The van der Waals surface area contributed by atoms with Crippen LogP contribution in [0.4, 0.5) is 0 Å². The lowest BCUT2D eigenvalue weighted by molar-refractivity contribution is 0.0694. The molecular weight excluding hydrogens is 288 g/mol. The predicted molar refractivity (Wildman–Crippen MR) is 64.5 cm³/mol. The summed E-state index contributed by atoms with van der Waals surface area (Å²) in [7, 11) is 0. The molecule has 0 aliphatic heterocycles. The molecule has 17 heavy (non-hydrogen) atoms. The largest absolute Gasteiger partial charge is 0.477 e. The molecule has 0 radical (unpaired) electrons. The first-order valence-corrected chi connectivity index (χ1v) is 5.47. The summed E-state index contributed by atoms with van der Waals surface area (Å²) in [5, 5.41) is 12.7. The van der Waals surface area contributed by atoms with Crippen LogP contribution in [0.25, 0.3) is 5.69 Å². The van der Waals surface area contributed by atoms with E-state index in [1.807, 2.05) is 0 Å². The molecule has 86 valence electrons. The summed E-state index contributed by atoms with van der Waals surface area (Å²) in [5.74, 6) is -1.27. The molecule has 0 fully saturated rings. The number of aromatic carboxylic acids is 1. The third-order valence-electron chi connectivity index (χ3n) is 2.16. The Morgan fingerprint density at radius 1 is 1.29 bits per heavy atom. The van der Waals surface area contributed by atoms with E-state index in [2.05, 4.69) is 21.0 Å². The summed E-state index contributed by atoms with van der Waals surface area (Å²) < 4.78 is 1.71. The van der Waals surface area contributed by atoms with Crippen molar-refractivity contribution in [3.8, 4) is 5.69 Å². The summed E-state index contributed by atoms with van der Waals surface area (Å²) in [4.78, 5) is 22.7. The zero-order valence-electron chi connectivity index (χ0n) is 8.50. The van der Waals surface area contributed by atoms with E-state index >= 15 is 0 Å². The molecule has 5 nitrogen and oxygen atoms in total. The minimum Gasteiger partial charge on any atom is -0.477 e. The van der Waals surface area contributed by atoms with Gasteiger partial charge in [-0.25, -0.2) is 4.79 Å². The van der Waals surface area contributed by atoms with E-state index in [-0.39, 0.29) is 5.56 Å². The molecule has 6 heteroatoms. The molecule has 0 amide bonds. The summed E-state index contributed by atoms with van der Waals surface area (Å²) in [6, 6.07) is 8.13. The monoisotopic (exact) mass is 294 g/mol. The third kappa shape index (κ3) is 2.12. The second-order valence-electron chi connectivity index (χ2n) is 3.22. The van der Waals surface area contributed by atoms with Crippen LogP contribution in [-0.4, -0.2) is 20.9 Å². The van der Waals surface area contributed by atoms with Gasteiger partial charge < -0.3 is 5.11 Å². The van der Waals surface area contributed by atoms with Crippen LogP contribution in [0, 0.1) is 0 Å². The maximum atomic E-state index is 11.9. The number of carboxylic acids is 1. The average Bonchev–Trinajstić information content (AvgIpc) is 2.30. The van der Waals surface area contributed by atoms with E-state index in [9.17, 15) is 9.59 Å². The van der Waals surface area contributed by atoms with Crippen LogP contribution in [0.5, 0.6) is 0 Å². The van der Waals surface area contributed by atoms with Crippen molar-refractivity contribution in [3.05, 3.63) is 56.9 Å². The molecule has 0 saturated heterocycles. The second kappa shape index (κ2) is 4.50. The van der Waals surface area contributed by atoms with Gasteiger partial charge in [0.1, 0.15) is 5.56 Å². The van der Waals surface area contributed by atoms with Crippen LogP contribution in [0.15, 0.2) is 45.8 Å². The Bertz CT molecular complexity index is 637. The molecule has 0 spiro atoms. The molecule has 0 unspecified atom stereocenters. The van der Waals surface area contributed by atoms with Crippen molar-refractivity contribution >= 4 is 21.9 Å². The van der Waals surface area contributed by atoms with Gasteiger partial charge in [0.15, 0.2) is 0 Å². The number of hydrogen-bond donors (Lipinski definition) is 1. The number of aromatic nitrogens is 2. The molecule has 0 aliphatic carbocycles. The Hall–Kier alpha value is -1.95. The average molecular weight is 295 g/mol. The number of hydrogen-bond acceptors (Lipinski definition) is 3. The van der Waals surface area contributed by atoms with E-state index in [0.29, 0.717) is 10.2 Å². The molecule has 0 saturated carbocycles. The number of nitrogens with zero attached hydrogens (tertiary/aromatic N) is 2. The molecule has 1 aromatic heterocycles. The van der Waals surface area contributed by atoms with Gasteiger partial charge in [0.25, 0.3) is 5.56 Å². The number of benzene rings is 1. The third-order valence-corrected chi connectivity index (χ3v) is 2.83. The Labute approximate surface area is 104 Å². The quantitative estimate of drug-likeness (QED) is 0.915. The fourth-order valence-electron chi connectivity index (χ4n) is 1.37. The minimum absolute atomic E-state index is 0.309. The highest BCUT2D eigenvalue weighted by Crippen LogP contribution is 2.17. The number of rotatable bonds is 2. The maximum Gasteiger partial charge on any atom is 0.341 e.